The third-order valence-electron chi connectivity index (χ3n) is 5.44. The molecule has 2 atom stereocenters. The zero-order valence-electron chi connectivity index (χ0n) is 17.6. The van der Waals surface area contributed by atoms with Gasteiger partial charge in [0.25, 0.3) is 11.7 Å². The Kier molecular flexibility index (Phi) is 6.98. The number of hydrogen-bond donors (Lipinski definition) is 0. The van der Waals surface area contributed by atoms with E-state index in [0.717, 1.165) is 17.7 Å². The van der Waals surface area contributed by atoms with Crippen LogP contribution in [0, 0.1) is 26.0 Å². The Morgan fingerprint density at radius 3 is 2.19 bits per heavy atom. The molecule has 0 saturated carbocycles. The first-order valence-corrected chi connectivity index (χ1v) is 10.00. The Labute approximate surface area is 183 Å². The number of halogens is 1. The lowest BCUT2D eigenvalue weighted by molar-refractivity contribution is -0.396. The lowest BCUT2D eigenvalue weighted by Gasteiger charge is -2.44. The molecule has 2 aromatic carbocycles. The van der Waals surface area contributed by atoms with Gasteiger partial charge in [-0.3, -0.25) is 29.9 Å². The fraction of sp³-hybridized carbons (Fsp3) is 0.381. The number of para-hydroxylation sites is 1. The van der Waals surface area contributed by atoms with Crippen molar-refractivity contribution in [2.24, 2.45) is 0 Å². The molecular formula is C21H23FN4O6. The van der Waals surface area contributed by atoms with Crippen LogP contribution in [-0.4, -0.2) is 57.3 Å². The van der Waals surface area contributed by atoms with Crippen molar-refractivity contribution >= 4 is 17.3 Å². The molecule has 0 aliphatic carbocycles. The van der Waals surface area contributed by atoms with Gasteiger partial charge in [-0.05, 0) is 37.6 Å². The summed E-state index contributed by atoms with van der Waals surface area (Å²) in [7, 11) is 0. The van der Waals surface area contributed by atoms with Crippen molar-refractivity contribution in [3.05, 3.63) is 74.1 Å². The van der Waals surface area contributed by atoms with Crippen LogP contribution in [0.3, 0.4) is 0 Å². The summed E-state index contributed by atoms with van der Waals surface area (Å²) in [5.41, 5.74) is -0.188. The first kappa shape index (κ1) is 23.1. The maximum atomic E-state index is 13.1. The number of carbonyl (C=O) groups is 1. The van der Waals surface area contributed by atoms with Gasteiger partial charge in [-0.2, -0.15) is 0 Å². The first-order chi connectivity index (χ1) is 15.2. The van der Waals surface area contributed by atoms with Gasteiger partial charge in [0.1, 0.15) is 5.82 Å². The summed E-state index contributed by atoms with van der Waals surface area (Å²) in [4.78, 5) is 37.4. The highest BCUT2D eigenvalue weighted by molar-refractivity contribution is 5.78. The molecule has 1 heterocycles. The molecule has 2 unspecified atom stereocenters. The van der Waals surface area contributed by atoms with Gasteiger partial charge in [-0.1, -0.05) is 12.1 Å². The number of carbonyl (C=O) groups excluding carboxylic acids is 1. The van der Waals surface area contributed by atoms with E-state index in [9.17, 15) is 29.4 Å². The summed E-state index contributed by atoms with van der Waals surface area (Å²) in [6.45, 7) is 4.84. The Hall–Kier alpha value is -3.60. The molecule has 11 heteroatoms. The van der Waals surface area contributed by atoms with Crippen LogP contribution in [0.25, 0.3) is 0 Å². The van der Waals surface area contributed by atoms with E-state index in [4.69, 9.17) is 4.74 Å². The van der Waals surface area contributed by atoms with Gasteiger partial charge in [-0.25, -0.2) is 4.39 Å². The second-order valence-electron chi connectivity index (χ2n) is 7.73. The fourth-order valence-electron chi connectivity index (χ4n) is 3.76. The summed E-state index contributed by atoms with van der Waals surface area (Å²) < 4.78 is 18.4. The average Bonchev–Trinajstić information content (AvgIpc) is 2.75. The van der Waals surface area contributed by atoms with E-state index < -0.39 is 39.5 Å². The van der Waals surface area contributed by atoms with Gasteiger partial charge >= 0.3 is 11.4 Å². The topological polar surface area (TPSA) is 119 Å². The minimum Gasteiger partial charge on any atom is -0.472 e. The summed E-state index contributed by atoms with van der Waals surface area (Å²) >= 11 is 0. The van der Waals surface area contributed by atoms with Crippen LogP contribution in [0.15, 0.2) is 42.5 Å². The quantitative estimate of drug-likeness (QED) is 0.473. The molecular weight excluding hydrogens is 423 g/mol. The molecule has 0 aromatic heterocycles. The zero-order valence-corrected chi connectivity index (χ0v) is 17.6. The van der Waals surface area contributed by atoms with Crippen molar-refractivity contribution in [2.45, 2.75) is 32.5 Å². The minimum absolute atomic E-state index is 0.000556. The lowest BCUT2D eigenvalue weighted by Crippen LogP contribution is -2.58. The van der Waals surface area contributed by atoms with E-state index in [1.165, 1.54) is 18.2 Å². The van der Waals surface area contributed by atoms with E-state index in [1.54, 1.807) is 17.0 Å². The van der Waals surface area contributed by atoms with Gasteiger partial charge in [0.2, 0.25) is 0 Å². The number of rotatable bonds is 7. The van der Waals surface area contributed by atoms with E-state index in [1.807, 2.05) is 13.8 Å². The first-order valence-electron chi connectivity index (χ1n) is 10.00. The standard InChI is InChI=1S/C21H23FN4O6/c1-14-11-24(15(2)10-23(14)12-16-6-8-17(22)9-7-16)20(27)13-32-21-18(25(28)29)4-3-5-19(21)26(30)31/h3-9,14-15H,10-13H2,1-2H3. The minimum atomic E-state index is -0.786. The van der Waals surface area contributed by atoms with E-state index in [2.05, 4.69) is 4.90 Å². The van der Waals surface area contributed by atoms with Gasteiger partial charge in [0, 0.05) is 43.9 Å². The molecule has 3 rings (SSSR count). The highest BCUT2D eigenvalue weighted by Crippen LogP contribution is 2.36. The molecule has 0 bridgehead atoms. The van der Waals surface area contributed by atoms with Crippen LogP contribution < -0.4 is 4.74 Å². The summed E-state index contributed by atoms with van der Waals surface area (Å²) in [6.07, 6.45) is 0. The number of piperazine rings is 1. The van der Waals surface area contributed by atoms with Crippen molar-refractivity contribution in [3.63, 3.8) is 0 Å². The molecule has 0 radical (unpaired) electrons. The molecule has 1 fully saturated rings. The molecule has 32 heavy (non-hydrogen) atoms. The van der Waals surface area contributed by atoms with Crippen molar-refractivity contribution in [1.29, 1.82) is 0 Å². The molecule has 0 N–H and O–H groups in total. The van der Waals surface area contributed by atoms with E-state index in [0.29, 0.717) is 19.6 Å². The third kappa shape index (κ3) is 5.17. The van der Waals surface area contributed by atoms with Crippen LogP contribution >= 0.6 is 0 Å². The van der Waals surface area contributed by atoms with Crippen LogP contribution in [-0.2, 0) is 11.3 Å². The molecule has 1 aliphatic heterocycles. The van der Waals surface area contributed by atoms with Gasteiger partial charge in [0.15, 0.2) is 6.61 Å². The van der Waals surface area contributed by atoms with Crippen LogP contribution in [0.4, 0.5) is 15.8 Å². The van der Waals surface area contributed by atoms with Gasteiger partial charge in [-0.15, -0.1) is 0 Å². The zero-order chi connectivity index (χ0) is 23.4. The average molecular weight is 446 g/mol. The molecule has 1 aliphatic rings. The highest BCUT2D eigenvalue weighted by Gasteiger charge is 2.33. The Bertz CT molecular complexity index is 984. The van der Waals surface area contributed by atoms with Crippen LogP contribution in [0.5, 0.6) is 5.75 Å². The SMILES string of the molecule is CC1CN(C(=O)COc2c([N+](=O)[O-])cccc2[N+](=O)[O-])C(C)CN1Cc1ccc(F)cc1. The number of nitrogens with zero attached hydrogens (tertiary/aromatic N) is 4. The van der Waals surface area contributed by atoms with Crippen molar-refractivity contribution in [2.75, 3.05) is 19.7 Å². The maximum Gasteiger partial charge on any atom is 0.318 e. The second kappa shape index (κ2) is 9.69. The molecule has 1 saturated heterocycles. The predicted octanol–water partition coefficient (Wildman–Crippen LogP) is 3.14. The van der Waals surface area contributed by atoms with Crippen molar-refractivity contribution < 1.29 is 23.8 Å². The number of nitro benzene ring substituents is 2. The predicted molar refractivity (Wildman–Crippen MR) is 113 cm³/mol. The van der Waals surface area contributed by atoms with Gasteiger partial charge in [0.05, 0.1) is 9.85 Å². The smallest absolute Gasteiger partial charge is 0.318 e. The summed E-state index contributed by atoms with van der Waals surface area (Å²) in [6, 6.07) is 9.44. The van der Waals surface area contributed by atoms with Gasteiger partial charge < -0.3 is 9.64 Å². The number of benzene rings is 2. The van der Waals surface area contributed by atoms with E-state index in [-0.39, 0.29) is 17.9 Å². The highest BCUT2D eigenvalue weighted by atomic mass is 19.1. The number of ether oxygens (including phenoxy) is 1. The largest absolute Gasteiger partial charge is 0.472 e. The molecule has 1 amide bonds. The Morgan fingerprint density at radius 2 is 1.62 bits per heavy atom. The molecule has 170 valence electrons. The molecule has 0 spiro atoms. The Morgan fingerprint density at radius 1 is 1.03 bits per heavy atom. The summed E-state index contributed by atoms with van der Waals surface area (Å²) in [5.74, 6) is -1.26. The van der Waals surface area contributed by atoms with Crippen LogP contribution in [0.2, 0.25) is 0 Å². The molecule has 2 aromatic rings. The molecule has 10 nitrogen and oxygen atoms in total. The second-order valence-corrected chi connectivity index (χ2v) is 7.73. The number of amides is 1. The van der Waals surface area contributed by atoms with Crippen molar-refractivity contribution in [1.82, 2.24) is 9.80 Å². The fourth-order valence-corrected chi connectivity index (χ4v) is 3.76. The summed E-state index contributed by atoms with van der Waals surface area (Å²) in [5, 5.41) is 22.4. The lowest BCUT2D eigenvalue weighted by atomic mass is 10.1. The van der Waals surface area contributed by atoms with E-state index >= 15 is 0 Å². The number of nitro groups is 2. The Balaban J connectivity index is 1.66. The maximum absolute atomic E-state index is 13.1. The normalized spacial score (nSPS) is 18.9. The third-order valence-corrected chi connectivity index (χ3v) is 5.44. The number of hydrogen-bond acceptors (Lipinski definition) is 7. The van der Waals surface area contributed by atoms with Crippen molar-refractivity contribution in [3.8, 4) is 5.75 Å². The monoisotopic (exact) mass is 446 g/mol. The van der Waals surface area contributed by atoms with Crippen LogP contribution in [0.1, 0.15) is 19.4 Å².